The summed E-state index contributed by atoms with van der Waals surface area (Å²) < 4.78 is 57.3. The summed E-state index contributed by atoms with van der Waals surface area (Å²) in [6.07, 6.45) is 0. The molecule has 0 atom stereocenters. The van der Waals surface area contributed by atoms with Crippen LogP contribution in [0.4, 0.5) is 17.1 Å². The second-order valence-corrected chi connectivity index (χ2v) is 8.05. The van der Waals surface area contributed by atoms with Gasteiger partial charge in [-0.25, -0.2) is 8.42 Å². The van der Waals surface area contributed by atoms with Crippen LogP contribution in [-0.4, -0.2) is 38.9 Å². The van der Waals surface area contributed by atoms with Crippen LogP contribution >= 0.6 is 0 Å². The van der Waals surface area contributed by atoms with E-state index in [1.54, 1.807) is 6.07 Å². The number of rotatable bonds is 7. The molecule has 0 spiro atoms. The van der Waals surface area contributed by atoms with Crippen LogP contribution in [0.3, 0.4) is 0 Å². The van der Waals surface area contributed by atoms with E-state index in [4.69, 9.17) is 5.11 Å². The number of sulfonamides is 1. The largest absolute Gasteiger partial charge is 0.395 e. The van der Waals surface area contributed by atoms with Crippen LogP contribution in [-0.2, 0) is 20.1 Å². The van der Waals surface area contributed by atoms with Crippen LogP contribution < -0.4 is 10.0 Å². The fraction of sp³-hybridized carbons (Fsp3) is 0.143. The number of anilines is 3. The molecule has 0 amide bonds. The van der Waals surface area contributed by atoms with Gasteiger partial charge in [-0.1, -0.05) is 12.1 Å². The number of nitrogens with one attached hydrogen (secondary N) is 2. The number of hydrogen-bond donors (Lipinski definition) is 4. The Labute approximate surface area is 140 Å². The van der Waals surface area contributed by atoms with Gasteiger partial charge in [0.2, 0.25) is 10.0 Å². The van der Waals surface area contributed by atoms with Crippen molar-refractivity contribution in [2.75, 3.05) is 22.4 Å². The first-order valence-electron chi connectivity index (χ1n) is 6.76. The van der Waals surface area contributed by atoms with Gasteiger partial charge in [-0.05, 0) is 36.4 Å². The minimum Gasteiger partial charge on any atom is -0.395 e. The fourth-order valence-electron chi connectivity index (χ4n) is 1.92. The van der Waals surface area contributed by atoms with Crippen molar-refractivity contribution in [3.63, 3.8) is 0 Å². The van der Waals surface area contributed by atoms with Gasteiger partial charge in [-0.3, -0.25) is 9.27 Å². The molecule has 8 nitrogen and oxygen atoms in total. The minimum absolute atomic E-state index is 0.189. The third-order valence-electron chi connectivity index (χ3n) is 2.96. The molecule has 0 unspecified atom stereocenters. The molecule has 0 bridgehead atoms. The van der Waals surface area contributed by atoms with Gasteiger partial charge in [-0.2, -0.15) is 8.42 Å². The highest BCUT2D eigenvalue weighted by Gasteiger charge is 2.15. The van der Waals surface area contributed by atoms with Crippen LogP contribution in [0.2, 0.25) is 0 Å². The van der Waals surface area contributed by atoms with Crippen LogP contribution in [0.25, 0.3) is 0 Å². The average molecular weight is 372 g/mol. The number of aliphatic hydroxyl groups is 1. The molecule has 2 aromatic rings. The average Bonchev–Trinajstić information content (AvgIpc) is 2.48. The lowest BCUT2D eigenvalue weighted by atomic mass is 10.2. The molecule has 0 aromatic heterocycles. The molecule has 130 valence electrons. The van der Waals surface area contributed by atoms with Crippen LogP contribution in [0.15, 0.2) is 53.4 Å². The van der Waals surface area contributed by atoms with Crippen LogP contribution in [0, 0.1) is 0 Å². The number of hydrogen-bond acceptors (Lipinski definition) is 6. The molecule has 0 aliphatic carbocycles. The van der Waals surface area contributed by atoms with E-state index in [-0.39, 0.29) is 10.6 Å². The SMILES string of the molecule is O=S(=O)(CCO)Nc1ccc(Nc2ccccc2S(=O)(=O)O)cc1. The third-order valence-corrected chi connectivity index (χ3v) is 5.14. The van der Waals surface area contributed by atoms with E-state index in [1.807, 2.05) is 0 Å². The number of aliphatic hydroxyl groups excluding tert-OH is 1. The van der Waals surface area contributed by atoms with Gasteiger partial charge in [0, 0.05) is 11.4 Å². The molecule has 4 N–H and O–H groups in total. The topological polar surface area (TPSA) is 133 Å². The second kappa shape index (κ2) is 7.18. The molecule has 0 heterocycles. The lowest BCUT2D eigenvalue weighted by Gasteiger charge is -2.11. The summed E-state index contributed by atoms with van der Waals surface area (Å²) in [5.74, 6) is -0.408. The van der Waals surface area contributed by atoms with Gasteiger partial charge in [0.1, 0.15) is 4.90 Å². The maximum absolute atomic E-state index is 11.5. The van der Waals surface area contributed by atoms with E-state index in [0.717, 1.165) is 0 Å². The monoisotopic (exact) mass is 372 g/mol. The van der Waals surface area contributed by atoms with Gasteiger partial charge in [0.05, 0.1) is 18.0 Å². The van der Waals surface area contributed by atoms with Crippen molar-refractivity contribution < 1.29 is 26.5 Å². The Kier molecular flexibility index (Phi) is 5.44. The molecule has 2 rings (SSSR count). The molecule has 0 saturated heterocycles. The van der Waals surface area contributed by atoms with Crippen molar-refractivity contribution in [2.45, 2.75) is 4.90 Å². The molecule has 2 aromatic carbocycles. The zero-order valence-electron chi connectivity index (χ0n) is 12.4. The number of benzene rings is 2. The maximum Gasteiger partial charge on any atom is 0.296 e. The Morgan fingerprint density at radius 2 is 1.46 bits per heavy atom. The quantitative estimate of drug-likeness (QED) is 0.540. The predicted octanol–water partition coefficient (Wildman–Crippen LogP) is 1.41. The van der Waals surface area contributed by atoms with Crippen molar-refractivity contribution in [2.24, 2.45) is 0 Å². The van der Waals surface area contributed by atoms with Crippen molar-refractivity contribution in [3.8, 4) is 0 Å². The van der Waals surface area contributed by atoms with Crippen molar-refractivity contribution in [1.82, 2.24) is 0 Å². The van der Waals surface area contributed by atoms with E-state index in [1.165, 1.54) is 42.5 Å². The summed E-state index contributed by atoms with van der Waals surface area (Å²) >= 11 is 0. The lowest BCUT2D eigenvalue weighted by molar-refractivity contribution is 0.320. The molecule has 0 aliphatic rings. The van der Waals surface area contributed by atoms with Crippen molar-refractivity contribution in [3.05, 3.63) is 48.5 Å². The molecule has 24 heavy (non-hydrogen) atoms. The molecule has 0 fully saturated rings. The highest BCUT2D eigenvalue weighted by atomic mass is 32.2. The van der Waals surface area contributed by atoms with E-state index < -0.39 is 32.5 Å². The van der Waals surface area contributed by atoms with Crippen molar-refractivity contribution in [1.29, 1.82) is 0 Å². The first-order chi connectivity index (χ1) is 11.2. The van der Waals surface area contributed by atoms with Crippen LogP contribution in [0.1, 0.15) is 0 Å². The Bertz CT molecular complexity index is 909. The normalized spacial score (nSPS) is 11.9. The Morgan fingerprint density at radius 1 is 0.875 bits per heavy atom. The molecule has 0 saturated carbocycles. The van der Waals surface area contributed by atoms with Crippen molar-refractivity contribution >= 4 is 37.2 Å². The minimum atomic E-state index is -4.37. The van der Waals surface area contributed by atoms with Gasteiger partial charge < -0.3 is 10.4 Å². The van der Waals surface area contributed by atoms with Gasteiger partial charge in [0.15, 0.2) is 0 Å². The van der Waals surface area contributed by atoms with Crippen LogP contribution in [0.5, 0.6) is 0 Å². The standard InChI is InChI=1S/C14H16N2O6S2/c17-9-10-23(18,19)16-12-7-5-11(6-8-12)15-13-3-1-2-4-14(13)24(20,21)22/h1-8,15-17H,9-10H2,(H,20,21,22). The molecule has 0 radical (unpaired) electrons. The summed E-state index contributed by atoms with van der Waals surface area (Å²) in [4.78, 5) is -0.266. The van der Waals surface area contributed by atoms with E-state index >= 15 is 0 Å². The van der Waals surface area contributed by atoms with E-state index in [0.29, 0.717) is 11.4 Å². The molecular formula is C14H16N2O6S2. The van der Waals surface area contributed by atoms with E-state index in [9.17, 15) is 21.4 Å². The summed E-state index contributed by atoms with van der Waals surface area (Å²) in [7, 11) is -7.99. The first-order valence-corrected chi connectivity index (χ1v) is 9.85. The Hall–Kier alpha value is -2.14. The molecule has 10 heteroatoms. The number of para-hydroxylation sites is 1. The lowest BCUT2D eigenvalue weighted by Crippen LogP contribution is -2.18. The molecule has 0 aliphatic heterocycles. The summed E-state index contributed by atoms with van der Waals surface area (Å²) in [5, 5.41) is 11.5. The van der Waals surface area contributed by atoms with Gasteiger partial charge in [0.25, 0.3) is 10.1 Å². The highest BCUT2D eigenvalue weighted by Crippen LogP contribution is 2.25. The Morgan fingerprint density at radius 3 is 2.04 bits per heavy atom. The fourth-order valence-corrected chi connectivity index (χ4v) is 3.41. The first kappa shape index (κ1) is 18.2. The van der Waals surface area contributed by atoms with Gasteiger partial charge in [-0.15, -0.1) is 0 Å². The predicted molar refractivity (Wildman–Crippen MR) is 90.5 cm³/mol. The zero-order chi connectivity index (χ0) is 17.8. The zero-order valence-corrected chi connectivity index (χ0v) is 14.0. The second-order valence-electron chi connectivity index (χ2n) is 4.82. The smallest absolute Gasteiger partial charge is 0.296 e. The maximum atomic E-state index is 11.5. The summed E-state index contributed by atoms with van der Waals surface area (Å²) in [5.41, 5.74) is 0.988. The highest BCUT2D eigenvalue weighted by molar-refractivity contribution is 7.92. The van der Waals surface area contributed by atoms with Gasteiger partial charge >= 0.3 is 0 Å². The third kappa shape index (κ3) is 4.93. The summed E-state index contributed by atoms with van der Waals surface area (Å²) in [6, 6.07) is 11.9. The Balaban J connectivity index is 2.19. The van der Waals surface area contributed by atoms with E-state index in [2.05, 4.69) is 10.0 Å². The summed E-state index contributed by atoms with van der Waals surface area (Å²) in [6.45, 7) is -0.485. The molecular weight excluding hydrogens is 356 g/mol.